The smallest absolute Gasteiger partial charge is 0.259 e. The zero-order valence-corrected chi connectivity index (χ0v) is 14.2. The number of nitrogens with one attached hydrogen (secondary N) is 1. The summed E-state index contributed by atoms with van der Waals surface area (Å²) in [5.74, 6) is 0.522. The van der Waals surface area contributed by atoms with Gasteiger partial charge in [-0.05, 0) is 38.5 Å². The molecule has 0 spiro atoms. The van der Waals surface area contributed by atoms with Crippen molar-refractivity contribution in [1.29, 1.82) is 0 Å². The van der Waals surface area contributed by atoms with E-state index in [9.17, 15) is 9.59 Å². The number of pyridine rings is 1. The molecule has 7 nitrogen and oxygen atoms in total. The molecule has 0 aliphatic carbocycles. The molecule has 0 atom stereocenters. The van der Waals surface area contributed by atoms with Gasteiger partial charge in [-0.1, -0.05) is 22.9 Å². The number of carbonyl (C=O) groups excluding carboxylic acids is 1. The van der Waals surface area contributed by atoms with Crippen LogP contribution in [-0.4, -0.2) is 20.6 Å². The molecule has 3 aromatic rings. The Kier molecular flexibility index (Phi) is 4.47. The second-order valence-corrected chi connectivity index (χ2v) is 5.90. The van der Waals surface area contributed by atoms with Crippen molar-refractivity contribution in [3.8, 4) is 11.5 Å². The first kappa shape index (κ1) is 16.6. The Hall–Kier alpha value is -3.22. The number of hydrogen-bond acceptors (Lipinski definition) is 5. The van der Waals surface area contributed by atoms with Gasteiger partial charge in [-0.15, -0.1) is 0 Å². The summed E-state index contributed by atoms with van der Waals surface area (Å²) in [6, 6.07) is 8.73. The average molecular weight is 338 g/mol. The minimum atomic E-state index is -0.284. The number of carbonyl (C=O) groups is 1. The molecule has 0 aliphatic rings. The van der Waals surface area contributed by atoms with E-state index in [4.69, 9.17) is 4.52 Å². The minimum Gasteiger partial charge on any atom is -0.334 e. The fourth-order valence-electron chi connectivity index (χ4n) is 2.49. The molecule has 3 rings (SSSR count). The lowest BCUT2D eigenvalue weighted by Gasteiger charge is -2.10. The fraction of sp³-hybridized carbons (Fsp3) is 0.222. The van der Waals surface area contributed by atoms with E-state index in [0.29, 0.717) is 17.3 Å². The van der Waals surface area contributed by atoms with Crippen molar-refractivity contribution < 1.29 is 9.32 Å². The van der Waals surface area contributed by atoms with Crippen LogP contribution in [-0.2, 0) is 11.3 Å². The summed E-state index contributed by atoms with van der Waals surface area (Å²) in [6.45, 7) is 5.52. The van der Waals surface area contributed by atoms with Gasteiger partial charge < -0.3 is 14.4 Å². The van der Waals surface area contributed by atoms with Crippen LogP contribution in [0, 0.1) is 20.8 Å². The van der Waals surface area contributed by atoms with Crippen LogP contribution in [0.5, 0.6) is 0 Å². The Labute approximate surface area is 144 Å². The van der Waals surface area contributed by atoms with Crippen LogP contribution in [0.3, 0.4) is 0 Å². The number of nitrogens with zero attached hydrogens (tertiary/aromatic N) is 3. The molecule has 2 heterocycles. The van der Waals surface area contributed by atoms with Gasteiger partial charge in [0.2, 0.25) is 5.91 Å². The van der Waals surface area contributed by atoms with E-state index in [1.165, 1.54) is 16.8 Å². The van der Waals surface area contributed by atoms with Gasteiger partial charge in [0, 0.05) is 18.0 Å². The van der Waals surface area contributed by atoms with Crippen molar-refractivity contribution in [1.82, 2.24) is 14.7 Å². The molecule has 128 valence electrons. The van der Waals surface area contributed by atoms with E-state index in [1.54, 1.807) is 13.0 Å². The van der Waals surface area contributed by atoms with Gasteiger partial charge in [0.1, 0.15) is 6.54 Å². The Bertz CT molecular complexity index is 988. The van der Waals surface area contributed by atoms with Crippen molar-refractivity contribution in [3.05, 3.63) is 63.8 Å². The van der Waals surface area contributed by atoms with E-state index >= 15 is 0 Å². The van der Waals surface area contributed by atoms with Gasteiger partial charge in [0.25, 0.3) is 11.4 Å². The average Bonchev–Trinajstić information content (AvgIpc) is 2.99. The summed E-state index contributed by atoms with van der Waals surface area (Å²) >= 11 is 0. The zero-order chi connectivity index (χ0) is 18.0. The predicted octanol–water partition coefficient (Wildman–Crippen LogP) is 2.46. The molecule has 0 saturated heterocycles. The highest BCUT2D eigenvalue weighted by Crippen LogP contribution is 2.17. The molecule has 1 amide bonds. The highest BCUT2D eigenvalue weighted by Gasteiger charge is 2.11. The van der Waals surface area contributed by atoms with E-state index < -0.39 is 0 Å². The molecule has 1 aromatic carbocycles. The molecule has 0 bridgehead atoms. The van der Waals surface area contributed by atoms with Gasteiger partial charge in [0.05, 0.1) is 5.56 Å². The summed E-state index contributed by atoms with van der Waals surface area (Å²) in [7, 11) is 0. The standard InChI is InChI=1S/C18H18N4O3/c1-11-4-6-15(12(2)8-11)20-16(23)10-22-9-14(5-7-17(22)24)18-19-13(3)21-25-18/h4-9H,10H2,1-3H3,(H,20,23). The highest BCUT2D eigenvalue weighted by molar-refractivity contribution is 5.91. The Morgan fingerprint density at radius 2 is 2.00 bits per heavy atom. The third-order valence-electron chi connectivity index (χ3n) is 3.73. The second kappa shape index (κ2) is 6.72. The monoisotopic (exact) mass is 338 g/mol. The molecular weight excluding hydrogens is 320 g/mol. The lowest BCUT2D eigenvalue weighted by atomic mass is 10.1. The molecule has 0 saturated carbocycles. The highest BCUT2D eigenvalue weighted by atomic mass is 16.5. The number of aromatic nitrogens is 3. The quantitative estimate of drug-likeness (QED) is 0.789. The Morgan fingerprint density at radius 3 is 2.68 bits per heavy atom. The van der Waals surface area contributed by atoms with Gasteiger partial charge >= 0.3 is 0 Å². The van der Waals surface area contributed by atoms with Crippen LogP contribution >= 0.6 is 0 Å². The van der Waals surface area contributed by atoms with Crippen molar-refractivity contribution in [2.45, 2.75) is 27.3 Å². The second-order valence-electron chi connectivity index (χ2n) is 5.90. The number of rotatable bonds is 4. The van der Waals surface area contributed by atoms with Gasteiger partial charge in [0.15, 0.2) is 5.82 Å². The van der Waals surface area contributed by atoms with Crippen LogP contribution in [0.2, 0.25) is 0 Å². The molecular formula is C18H18N4O3. The number of aryl methyl sites for hydroxylation is 3. The van der Waals surface area contributed by atoms with E-state index in [1.807, 2.05) is 32.0 Å². The van der Waals surface area contributed by atoms with Crippen molar-refractivity contribution in [2.75, 3.05) is 5.32 Å². The van der Waals surface area contributed by atoms with Crippen LogP contribution in [0.4, 0.5) is 5.69 Å². The fourth-order valence-corrected chi connectivity index (χ4v) is 2.49. The topological polar surface area (TPSA) is 90.0 Å². The Balaban J connectivity index is 1.80. The molecule has 0 radical (unpaired) electrons. The van der Waals surface area contributed by atoms with Crippen LogP contribution in [0.15, 0.2) is 45.8 Å². The van der Waals surface area contributed by atoms with Crippen LogP contribution in [0.1, 0.15) is 17.0 Å². The van der Waals surface area contributed by atoms with Gasteiger partial charge in [-0.25, -0.2) is 0 Å². The number of hydrogen-bond donors (Lipinski definition) is 1. The molecule has 0 unspecified atom stereocenters. The Morgan fingerprint density at radius 1 is 1.20 bits per heavy atom. The number of benzene rings is 1. The maximum atomic E-state index is 12.3. The van der Waals surface area contributed by atoms with E-state index in [-0.39, 0.29) is 18.0 Å². The first-order valence-corrected chi connectivity index (χ1v) is 7.80. The summed E-state index contributed by atoms with van der Waals surface area (Å²) in [4.78, 5) is 28.4. The lowest BCUT2D eigenvalue weighted by molar-refractivity contribution is -0.116. The predicted molar refractivity (Wildman–Crippen MR) is 93.3 cm³/mol. The van der Waals surface area contributed by atoms with Gasteiger partial charge in [-0.3, -0.25) is 9.59 Å². The molecule has 1 N–H and O–H groups in total. The zero-order valence-electron chi connectivity index (χ0n) is 14.2. The van der Waals surface area contributed by atoms with Crippen LogP contribution in [0.25, 0.3) is 11.5 Å². The summed E-state index contributed by atoms with van der Waals surface area (Å²) in [6.07, 6.45) is 1.54. The molecule has 2 aromatic heterocycles. The normalized spacial score (nSPS) is 10.7. The molecule has 7 heteroatoms. The van der Waals surface area contributed by atoms with Crippen molar-refractivity contribution in [3.63, 3.8) is 0 Å². The maximum Gasteiger partial charge on any atom is 0.259 e. The third kappa shape index (κ3) is 3.82. The van der Waals surface area contributed by atoms with Crippen LogP contribution < -0.4 is 10.9 Å². The van der Waals surface area contributed by atoms with E-state index in [0.717, 1.165) is 16.8 Å². The first-order valence-electron chi connectivity index (χ1n) is 7.80. The van der Waals surface area contributed by atoms with Crippen molar-refractivity contribution >= 4 is 11.6 Å². The largest absolute Gasteiger partial charge is 0.334 e. The summed E-state index contributed by atoms with van der Waals surface area (Å²) in [5.41, 5.74) is 3.12. The maximum absolute atomic E-state index is 12.3. The third-order valence-corrected chi connectivity index (χ3v) is 3.73. The summed E-state index contributed by atoms with van der Waals surface area (Å²) < 4.78 is 6.41. The van der Waals surface area contributed by atoms with Crippen molar-refractivity contribution in [2.24, 2.45) is 0 Å². The number of anilines is 1. The lowest BCUT2D eigenvalue weighted by Crippen LogP contribution is -2.27. The molecule has 25 heavy (non-hydrogen) atoms. The molecule has 0 aliphatic heterocycles. The minimum absolute atomic E-state index is 0.104. The van der Waals surface area contributed by atoms with E-state index in [2.05, 4.69) is 15.5 Å². The molecule has 0 fully saturated rings. The summed E-state index contributed by atoms with van der Waals surface area (Å²) in [5, 5.41) is 6.55. The number of amides is 1. The van der Waals surface area contributed by atoms with Gasteiger partial charge in [-0.2, -0.15) is 4.98 Å². The first-order chi connectivity index (χ1) is 11.9. The SMILES string of the molecule is Cc1ccc(NC(=O)Cn2cc(-c3nc(C)no3)ccc2=O)c(C)c1.